The molecule has 0 spiro atoms. The summed E-state index contributed by atoms with van der Waals surface area (Å²) in [6, 6.07) is 13.7. The second kappa shape index (κ2) is 8.50. The summed E-state index contributed by atoms with van der Waals surface area (Å²) in [5, 5.41) is 0.00436. The lowest BCUT2D eigenvalue weighted by atomic mass is 9.99. The largest absolute Gasteiger partial charge is 0.416 e. The molecule has 5 nitrogen and oxygen atoms in total. The number of carbonyl (C=O) groups excluding carboxylic acids is 1. The minimum Gasteiger partial charge on any atom is -0.314 e. The van der Waals surface area contributed by atoms with Crippen molar-refractivity contribution in [3.05, 3.63) is 81.5 Å². The summed E-state index contributed by atoms with van der Waals surface area (Å²) in [5.41, 5.74) is 1.91. The minimum absolute atomic E-state index is 0.00389. The van der Waals surface area contributed by atoms with E-state index in [2.05, 4.69) is 9.89 Å². The molecule has 2 aromatic rings. The van der Waals surface area contributed by atoms with E-state index in [4.69, 9.17) is 11.6 Å². The van der Waals surface area contributed by atoms with Gasteiger partial charge < -0.3 is 4.90 Å². The van der Waals surface area contributed by atoms with E-state index in [-0.39, 0.29) is 23.0 Å². The van der Waals surface area contributed by atoms with Gasteiger partial charge in [0.05, 0.1) is 24.2 Å². The zero-order valence-corrected chi connectivity index (χ0v) is 18.5. The zero-order valence-electron chi connectivity index (χ0n) is 17.8. The van der Waals surface area contributed by atoms with E-state index in [1.54, 1.807) is 0 Å². The number of amides is 1. The van der Waals surface area contributed by atoms with E-state index >= 15 is 0 Å². The van der Waals surface area contributed by atoms with Gasteiger partial charge in [0.2, 0.25) is 5.96 Å². The van der Waals surface area contributed by atoms with Crippen LogP contribution in [-0.4, -0.2) is 52.7 Å². The van der Waals surface area contributed by atoms with Gasteiger partial charge >= 0.3 is 6.18 Å². The summed E-state index contributed by atoms with van der Waals surface area (Å²) in [4.78, 5) is 23.6. The second-order valence-corrected chi connectivity index (χ2v) is 8.83. The SMILES string of the molecule is O=C1C2=C(CCN(Cc3ccccc3)C2)N2CCN=C2N1Cc1ccc(Cl)cc1C(F)(F)F. The molecule has 3 aliphatic rings. The number of benzene rings is 2. The summed E-state index contributed by atoms with van der Waals surface area (Å²) < 4.78 is 41.0. The molecule has 5 rings (SSSR count). The van der Waals surface area contributed by atoms with Gasteiger partial charge in [-0.25, -0.2) is 0 Å². The van der Waals surface area contributed by atoms with Gasteiger partial charge in [-0.3, -0.25) is 19.6 Å². The number of fused-ring (bicyclic) bond motifs is 2. The van der Waals surface area contributed by atoms with Crippen LogP contribution in [0.1, 0.15) is 23.1 Å². The van der Waals surface area contributed by atoms with Gasteiger partial charge in [-0.15, -0.1) is 0 Å². The number of aliphatic imine (C=N–C) groups is 1. The number of hydrogen-bond acceptors (Lipinski definition) is 4. The van der Waals surface area contributed by atoms with Gasteiger partial charge in [0.15, 0.2) is 0 Å². The Bertz CT molecular complexity index is 1150. The molecule has 0 bridgehead atoms. The molecule has 0 N–H and O–H groups in total. The standard InChI is InChI=1S/C24H22ClF3N4O/c25-18-7-6-17(20(12-18)24(26,27)28)14-32-22(33)19-15-30(13-16-4-2-1-3-5-16)10-8-21(19)31-11-9-29-23(31)32/h1-7,12H,8-11,13-15H2. The van der Waals surface area contributed by atoms with Crippen molar-refractivity contribution in [2.75, 3.05) is 26.2 Å². The molecule has 0 radical (unpaired) electrons. The number of carbonyl (C=O) groups is 1. The van der Waals surface area contributed by atoms with Crippen LogP contribution in [0, 0.1) is 0 Å². The topological polar surface area (TPSA) is 39.2 Å². The Morgan fingerprint density at radius 3 is 2.58 bits per heavy atom. The first-order valence-corrected chi connectivity index (χ1v) is 11.2. The van der Waals surface area contributed by atoms with Crippen LogP contribution in [-0.2, 0) is 24.1 Å². The third-order valence-electron chi connectivity index (χ3n) is 6.24. The van der Waals surface area contributed by atoms with Crippen LogP contribution in [0.5, 0.6) is 0 Å². The van der Waals surface area contributed by atoms with Crippen molar-refractivity contribution in [1.29, 1.82) is 0 Å². The third-order valence-corrected chi connectivity index (χ3v) is 6.47. The lowest BCUT2D eigenvalue weighted by Crippen LogP contribution is -2.53. The van der Waals surface area contributed by atoms with Crippen LogP contribution >= 0.6 is 11.6 Å². The highest BCUT2D eigenvalue weighted by Crippen LogP contribution is 2.37. The van der Waals surface area contributed by atoms with Crippen LogP contribution in [0.3, 0.4) is 0 Å². The maximum atomic E-state index is 13.7. The van der Waals surface area contributed by atoms with E-state index in [0.717, 1.165) is 23.9 Å². The van der Waals surface area contributed by atoms with Gasteiger partial charge in [0, 0.05) is 43.3 Å². The number of alkyl halides is 3. The highest BCUT2D eigenvalue weighted by molar-refractivity contribution is 6.30. The summed E-state index contributed by atoms with van der Waals surface area (Å²) in [7, 11) is 0. The normalized spacial score (nSPS) is 19.0. The molecule has 0 atom stereocenters. The Hall–Kier alpha value is -2.84. The predicted octanol–water partition coefficient (Wildman–Crippen LogP) is 4.53. The number of hydrogen-bond donors (Lipinski definition) is 0. The monoisotopic (exact) mass is 474 g/mol. The van der Waals surface area contributed by atoms with Crippen molar-refractivity contribution in [2.24, 2.45) is 4.99 Å². The maximum absolute atomic E-state index is 13.7. The highest BCUT2D eigenvalue weighted by atomic mass is 35.5. The Labute approximate surface area is 194 Å². The molecule has 0 aromatic heterocycles. The number of nitrogens with zero attached hydrogens (tertiary/aromatic N) is 4. The Kier molecular flexibility index (Phi) is 5.66. The average molecular weight is 475 g/mol. The van der Waals surface area contributed by atoms with Crippen LogP contribution in [0.15, 0.2) is 64.8 Å². The highest BCUT2D eigenvalue weighted by Gasteiger charge is 2.42. The van der Waals surface area contributed by atoms with Gasteiger partial charge in [0.1, 0.15) is 0 Å². The Morgan fingerprint density at radius 1 is 1.03 bits per heavy atom. The number of halogens is 4. The van der Waals surface area contributed by atoms with E-state index in [1.165, 1.54) is 17.0 Å². The first-order chi connectivity index (χ1) is 15.8. The van der Waals surface area contributed by atoms with Crippen molar-refractivity contribution in [3.8, 4) is 0 Å². The molecule has 0 saturated carbocycles. The molecule has 0 unspecified atom stereocenters. The fourth-order valence-electron chi connectivity index (χ4n) is 4.71. The van der Waals surface area contributed by atoms with Crippen molar-refractivity contribution < 1.29 is 18.0 Å². The maximum Gasteiger partial charge on any atom is 0.416 e. The molecule has 2 aromatic carbocycles. The number of rotatable bonds is 4. The molecule has 1 amide bonds. The molecule has 33 heavy (non-hydrogen) atoms. The van der Waals surface area contributed by atoms with E-state index < -0.39 is 11.7 Å². The van der Waals surface area contributed by atoms with Crippen LogP contribution in [0.25, 0.3) is 0 Å². The van der Waals surface area contributed by atoms with Crippen molar-refractivity contribution in [2.45, 2.75) is 25.7 Å². The summed E-state index contributed by atoms with van der Waals surface area (Å²) >= 11 is 5.83. The fraction of sp³-hybridized carbons (Fsp3) is 0.333. The van der Waals surface area contributed by atoms with Crippen molar-refractivity contribution in [1.82, 2.24) is 14.7 Å². The van der Waals surface area contributed by atoms with Gasteiger partial charge in [-0.1, -0.05) is 48.0 Å². The van der Waals surface area contributed by atoms with E-state index in [9.17, 15) is 18.0 Å². The number of guanidine groups is 1. The van der Waals surface area contributed by atoms with Crippen LogP contribution in [0.4, 0.5) is 13.2 Å². The first-order valence-electron chi connectivity index (χ1n) is 10.8. The third kappa shape index (κ3) is 4.25. The molecule has 0 saturated heterocycles. The van der Waals surface area contributed by atoms with Gasteiger partial charge in [0.25, 0.3) is 5.91 Å². The summed E-state index contributed by atoms with van der Waals surface area (Å²) in [6.45, 7) is 2.90. The molecule has 0 fully saturated rings. The predicted molar refractivity (Wildman–Crippen MR) is 119 cm³/mol. The molecule has 0 aliphatic carbocycles. The Balaban J connectivity index is 1.44. The Morgan fingerprint density at radius 2 is 1.82 bits per heavy atom. The summed E-state index contributed by atoms with van der Waals surface area (Å²) in [6.07, 6.45) is -3.87. The first kappa shape index (κ1) is 22.0. The van der Waals surface area contributed by atoms with Gasteiger partial charge in [-0.05, 0) is 23.3 Å². The summed E-state index contributed by atoms with van der Waals surface area (Å²) in [5.74, 6) is 0.168. The molecule has 3 heterocycles. The molecular weight excluding hydrogens is 453 g/mol. The molecule has 9 heteroatoms. The van der Waals surface area contributed by atoms with E-state index in [1.807, 2.05) is 35.2 Å². The smallest absolute Gasteiger partial charge is 0.314 e. The lowest BCUT2D eigenvalue weighted by Gasteiger charge is -2.42. The van der Waals surface area contributed by atoms with E-state index in [0.29, 0.717) is 44.1 Å². The van der Waals surface area contributed by atoms with Gasteiger partial charge in [-0.2, -0.15) is 13.2 Å². The average Bonchev–Trinajstić information content (AvgIpc) is 3.27. The molecule has 3 aliphatic heterocycles. The van der Waals surface area contributed by atoms with Crippen molar-refractivity contribution >= 4 is 23.5 Å². The second-order valence-electron chi connectivity index (χ2n) is 8.40. The fourth-order valence-corrected chi connectivity index (χ4v) is 4.89. The minimum atomic E-state index is -4.57. The van der Waals surface area contributed by atoms with Crippen LogP contribution < -0.4 is 0 Å². The zero-order chi connectivity index (χ0) is 23.2. The molecule has 172 valence electrons. The van der Waals surface area contributed by atoms with Crippen LogP contribution in [0.2, 0.25) is 5.02 Å². The molecular formula is C24H22ClF3N4O. The quantitative estimate of drug-likeness (QED) is 0.653. The van der Waals surface area contributed by atoms with Crippen molar-refractivity contribution in [3.63, 3.8) is 0 Å². The lowest BCUT2D eigenvalue weighted by molar-refractivity contribution is -0.139.